The summed E-state index contributed by atoms with van der Waals surface area (Å²) in [5.74, 6) is 0.369. The molecule has 6 rings (SSSR count). The predicted molar refractivity (Wildman–Crippen MR) is 164 cm³/mol. The summed E-state index contributed by atoms with van der Waals surface area (Å²) in [5.41, 5.74) is 2.81. The van der Waals surface area contributed by atoms with Gasteiger partial charge in [0, 0.05) is 47.4 Å². The van der Waals surface area contributed by atoms with Crippen LogP contribution in [0.15, 0.2) is 40.6 Å². The topological polar surface area (TPSA) is 143 Å². The number of carboxylic acid groups (broad SMARTS) is 1. The zero-order chi connectivity index (χ0) is 30.4. The molecule has 0 unspecified atom stereocenters. The molecule has 4 aromatic heterocycles. The molecule has 0 amide bonds. The van der Waals surface area contributed by atoms with E-state index < -0.39 is 5.97 Å². The minimum atomic E-state index is -1.05. The lowest BCUT2D eigenvalue weighted by molar-refractivity contribution is 0.0699. The van der Waals surface area contributed by atoms with Crippen molar-refractivity contribution in [3.8, 4) is 22.9 Å². The summed E-state index contributed by atoms with van der Waals surface area (Å²) in [4.78, 5) is 40.9. The van der Waals surface area contributed by atoms with Crippen molar-refractivity contribution in [2.24, 2.45) is 0 Å². The second-order valence-electron chi connectivity index (χ2n) is 10.1. The standard InChI is InChI=1S/C30H25ClN6O5S/c1-15-8-20(27-26(34-15)22(14-43-27)30(39)40)19-9-17(31)4-5-24(19)42-7-6-37-16(2)35-23-11-33-28(36-12-18(13-36)41-3)21(10-32)25(23)29(37)38/h4-5,8-9,11,14,18H,6-7,12-13H2,1-3H3,(H,39,40). The molecule has 0 bridgehead atoms. The number of nitrogens with zero attached hydrogens (tertiary/aromatic N) is 6. The van der Waals surface area contributed by atoms with Crippen LogP contribution < -0.4 is 15.2 Å². The van der Waals surface area contributed by atoms with Gasteiger partial charge in [-0.2, -0.15) is 5.26 Å². The van der Waals surface area contributed by atoms with Gasteiger partial charge in [-0.15, -0.1) is 11.3 Å². The number of benzene rings is 1. The van der Waals surface area contributed by atoms with E-state index in [1.54, 1.807) is 44.5 Å². The summed E-state index contributed by atoms with van der Waals surface area (Å²) in [5, 5.41) is 21.9. The first-order valence-corrected chi connectivity index (χ1v) is 14.6. The van der Waals surface area contributed by atoms with E-state index >= 15 is 0 Å². The first-order chi connectivity index (χ1) is 20.7. The van der Waals surface area contributed by atoms with Crippen LogP contribution in [0, 0.1) is 25.2 Å². The summed E-state index contributed by atoms with van der Waals surface area (Å²) >= 11 is 7.67. The first kappa shape index (κ1) is 28.5. The number of fused-ring (bicyclic) bond motifs is 2. The van der Waals surface area contributed by atoms with Crippen molar-refractivity contribution in [3.05, 3.63) is 73.9 Å². The van der Waals surface area contributed by atoms with Crippen molar-refractivity contribution < 1.29 is 19.4 Å². The Morgan fingerprint density at radius 1 is 1.23 bits per heavy atom. The number of aromatic carboxylic acids is 1. The maximum Gasteiger partial charge on any atom is 0.338 e. The number of aryl methyl sites for hydroxylation is 2. The zero-order valence-electron chi connectivity index (χ0n) is 23.4. The van der Waals surface area contributed by atoms with Gasteiger partial charge in [-0.05, 0) is 38.1 Å². The Hall–Kier alpha value is -4.57. The number of nitriles is 1. The lowest BCUT2D eigenvalue weighted by atomic mass is 10.0. The SMILES string of the molecule is COC1CN(c2ncc3nc(C)n(CCOc4ccc(Cl)cc4-c4cc(C)nc5c(C(=O)O)csc45)c(=O)c3c2C#N)C1. The monoisotopic (exact) mass is 616 g/mol. The number of halogens is 1. The van der Waals surface area contributed by atoms with Crippen LogP contribution in [0.4, 0.5) is 5.82 Å². The molecule has 1 saturated heterocycles. The molecule has 5 aromatic rings. The van der Waals surface area contributed by atoms with E-state index in [2.05, 4.69) is 21.0 Å². The Morgan fingerprint density at radius 2 is 2.02 bits per heavy atom. The molecule has 1 aliphatic rings. The molecule has 11 nitrogen and oxygen atoms in total. The van der Waals surface area contributed by atoms with Crippen molar-refractivity contribution in [2.75, 3.05) is 31.7 Å². The third-order valence-corrected chi connectivity index (χ3v) is 8.69. The number of pyridine rings is 2. The molecule has 0 atom stereocenters. The molecular formula is C30H25ClN6O5S. The average molecular weight is 617 g/mol. The van der Waals surface area contributed by atoms with Gasteiger partial charge in [0.25, 0.3) is 5.56 Å². The van der Waals surface area contributed by atoms with Crippen molar-refractivity contribution in [1.29, 1.82) is 5.26 Å². The zero-order valence-corrected chi connectivity index (χ0v) is 25.0. The normalized spacial score (nSPS) is 13.3. The molecule has 1 aromatic carbocycles. The number of carboxylic acids is 1. The van der Waals surface area contributed by atoms with E-state index in [0.29, 0.717) is 62.5 Å². The van der Waals surface area contributed by atoms with E-state index in [0.717, 1.165) is 5.56 Å². The molecule has 5 heterocycles. The van der Waals surface area contributed by atoms with Gasteiger partial charge in [-0.25, -0.2) is 14.8 Å². The first-order valence-electron chi connectivity index (χ1n) is 13.3. The van der Waals surface area contributed by atoms with Gasteiger partial charge in [-0.3, -0.25) is 14.3 Å². The fourth-order valence-electron chi connectivity index (χ4n) is 5.25. The van der Waals surface area contributed by atoms with Gasteiger partial charge in [-0.1, -0.05) is 11.6 Å². The molecule has 1 fully saturated rings. The van der Waals surface area contributed by atoms with E-state index in [9.17, 15) is 20.0 Å². The molecule has 0 radical (unpaired) electrons. The maximum atomic E-state index is 13.7. The van der Waals surface area contributed by atoms with Crippen LogP contribution in [0.25, 0.3) is 32.2 Å². The van der Waals surface area contributed by atoms with Crippen LogP contribution in [0.3, 0.4) is 0 Å². The largest absolute Gasteiger partial charge is 0.491 e. The summed E-state index contributed by atoms with van der Waals surface area (Å²) in [6.45, 7) is 4.97. The molecule has 218 valence electrons. The van der Waals surface area contributed by atoms with Gasteiger partial charge in [0.1, 0.15) is 35.6 Å². The molecule has 13 heteroatoms. The van der Waals surface area contributed by atoms with E-state index in [1.807, 2.05) is 11.0 Å². The van der Waals surface area contributed by atoms with Crippen molar-refractivity contribution >= 4 is 55.8 Å². The molecular weight excluding hydrogens is 592 g/mol. The van der Waals surface area contributed by atoms with Crippen LogP contribution in [0.5, 0.6) is 5.75 Å². The van der Waals surface area contributed by atoms with Gasteiger partial charge in [0.05, 0.1) is 45.5 Å². The quantitative estimate of drug-likeness (QED) is 0.258. The van der Waals surface area contributed by atoms with Gasteiger partial charge in [0.2, 0.25) is 0 Å². The van der Waals surface area contributed by atoms with Crippen LogP contribution in [-0.4, -0.2) is 63.5 Å². The summed E-state index contributed by atoms with van der Waals surface area (Å²) < 4.78 is 13.7. The minimum absolute atomic E-state index is 0.0537. The summed E-state index contributed by atoms with van der Waals surface area (Å²) in [7, 11) is 1.64. The van der Waals surface area contributed by atoms with Crippen LogP contribution in [-0.2, 0) is 11.3 Å². The fourth-order valence-corrected chi connectivity index (χ4v) is 6.44. The Kier molecular flexibility index (Phi) is 7.47. The molecule has 1 aliphatic heterocycles. The fraction of sp³-hybridized carbons (Fsp3) is 0.267. The minimum Gasteiger partial charge on any atom is -0.491 e. The number of anilines is 1. The van der Waals surface area contributed by atoms with Crippen LogP contribution in [0.2, 0.25) is 5.02 Å². The number of thiophene rings is 1. The molecule has 0 spiro atoms. The summed E-state index contributed by atoms with van der Waals surface area (Å²) in [6, 6.07) is 9.24. The molecule has 43 heavy (non-hydrogen) atoms. The number of hydrogen-bond acceptors (Lipinski definition) is 10. The Morgan fingerprint density at radius 3 is 2.74 bits per heavy atom. The Bertz CT molecular complexity index is 2030. The highest BCUT2D eigenvalue weighted by Crippen LogP contribution is 2.40. The second kappa shape index (κ2) is 11.3. The predicted octanol–water partition coefficient (Wildman–Crippen LogP) is 4.82. The molecule has 0 saturated carbocycles. The van der Waals surface area contributed by atoms with Crippen LogP contribution >= 0.6 is 22.9 Å². The lowest BCUT2D eigenvalue weighted by Crippen LogP contribution is -2.52. The van der Waals surface area contributed by atoms with Crippen LogP contribution in [0.1, 0.15) is 27.4 Å². The highest BCUT2D eigenvalue weighted by Gasteiger charge is 2.31. The van der Waals surface area contributed by atoms with Gasteiger partial charge in [0.15, 0.2) is 0 Å². The Balaban J connectivity index is 1.33. The van der Waals surface area contributed by atoms with E-state index in [1.165, 1.54) is 22.1 Å². The second-order valence-corrected chi connectivity index (χ2v) is 11.5. The smallest absolute Gasteiger partial charge is 0.338 e. The van der Waals surface area contributed by atoms with Gasteiger partial charge >= 0.3 is 5.97 Å². The molecule has 0 aliphatic carbocycles. The number of ether oxygens (including phenoxy) is 2. The number of carbonyl (C=O) groups is 1. The van der Waals surface area contributed by atoms with Crippen molar-refractivity contribution in [2.45, 2.75) is 26.5 Å². The summed E-state index contributed by atoms with van der Waals surface area (Å²) in [6.07, 6.45) is 1.58. The highest BCUT2D eigenvalue weighted by molar-refractivity contribution is 7.18. The highest BCUT2D eigenvalue weighted by atomic mass is 35.5. The number of methoxy groups -OCH3 is 1. The number of rotatable bonds is 8. The van der Waals surface area contributed by atoms with E-state index in [4.69, 9.17) is 21.1 Å². The third-order valence-electron chi connectivity index (χ3n) is 7.45. The lowest BCUT2D eigenvalue weighted by Gasteiger charge is -2.39. The van der Waals surface area contributed by atoms with Crippen molar-refractivity contribution in [1.82, 2.24) is 19.5 Å². The number of aromatic nitrogens is 4. The van der Waals surface area contributed by atoms with Crippen molar-refractivity contribution in [3.63, 3.8) is 0 Å². The van der Waals surface area contributed by atoms with E-state index in [-0.39, 0.29) is 41.3 Å². The maximum absolute atomic E-state index is 13.7. The average Bonchev–Trinajstić information content (AvgIpc) is 3.38. The van der Waals surface area contributed by atoms with Gasteiger partial charge < -0.3 is 19.5 Å². The number of hydrogen-bond donors (Lipinski definition) is 1. The third kappa shape index (κ3) is 5.05. The Labute approximate surface area is 254 Å². The molecule has 1 N–H and O–H groups in total.